The van der Waals surface area contributed by atoms with E-state index in [-0.39, 0.29) is 5.91 Å². The minimum absolute atomic E-state index is 0.0730. The molecule has 24 heavy (non-hydrogen) atoms. The molecule has 1 amide bonds. The highest BCUT2D eigenvalue weighted by molar-refractivity contribution is 5.97. The molecule has 1 heterocycles. The maximum atomic E-state index is 12.4. The molecule has 0 atom stereocenters. The SMILES string of the molecule is CN(CCCN1COc2ccccc2C1=O)CCc1ccccc1. The van der Waals surface area contributed by atoms with Crippen molar-refractivity contribution < 1.29 is 9.53 Å². The van der Waals surface area contributed by atoms with Gasteiger partial charge in [0, 0.05) is 13.1 Å². The van der Waals surface area contributed by atoms with Gasteiger partial charge < -0.3 is 14.5 Å². The van der Waals surface area contributed by atoms with Crippen LogP contribution in [0.15, 0.2) is 54.6 Å². The molecule has 1 aliphatic rings. The number of carbonyl (C=O) groups excluding carboxylic acids is 1. The molecule has 4 heteroatoms. The fourth-order valence-electron chi connectivity index (χ4n) is 2.92. The van der Waals surface area contributed by atoms with E-state index in [1.807, 2.05) is 30.3 Å². The number of benzene rings is 2. The Labute approximate surface area is 143 Å². The highest BCUT2D eigenvalue weighted by atomic mass is 16.5. The zero-order valence-electron chi connectivity index (χ0n) is 14.1. The Hall–Kier alpha value is -2.33. The van der Waals surface area contributed by atoms with Crippen LogP contribution in [0, 0.1) is 0 Å². The predicted molar refractivity (Wildman–Crippen MR) is 95.2 cm³/mol. The van der Waals surface area contributed by atoms with Crippen LogP contribution in [-0.4, -0.2) is 49.1 Å². The molecule has 126 valence electrons. The first-order chi connectivity index (χ1) is 11.7. The second-order valence-corrected chi connectivity index (χ2v) is 6.23. The average Bonchev–Trinajstić information content (AvgIpc) is 2.63. The number of nitrogens with zero attached hydrogens (tertiary/aromatic N) is 2. The van der Waals surface area contributed by atoms with Crippen molar-refractivity contribution in [2.24, 2.45) is 0 Å². The normalized spacial score (nSPS) is 13.8. The summed E-state index contributed by atoms with van der Waals surface area (Å²) < 4.78 is 5.66. The number of hydrogen-bond donors (Lipinski definition) is 0. The molecule has 0 aliphatic carbocycles. The molecular formula is C20H24N2O2. The molecule has 0 aromatic heterocycles. The number of rotatable bonds is 7. The second-order valence-electron chi connectivity index (χ2n) is 6.23. The topological polar surface area (TPSA) is 32.8 Å². The van der Waals surface area contributed by atoms with E-state index in [1.165, 1.54) is 5.56 Å². The van der Waals surface area contributed by atoms with Gasteiger partial charge in [0.25, 0.3) is 5.91 Å². The van der Waals surface area contributed by atoms with Crippen molar-refractivity contribution in [2.45, 2.75) is 12.8 Å². The Balaban J connectivity index is 1.41. The van der Waals surface area contributed by atoms with Crippen molar-refractivity contribution in [3.05, 3.63) is 65.7 Å². The van der Waals surface area contributed by atoms with Gasteiger partial charge in [-0.2, -0.15) is 0 Å². The summed E-state index contributed by atoms with van der Waals surface area (Å²) in [7, 11) is 2.13. The van der Waals surface area contributed by atoms with Crippen LogP contribution in [0.5, 0.6) is 5.75 Å². The quantitative estimate of drug-likeness (QED) is 0.785. The fourth-order valence-corrected chi connectivity index (χ4v) is 2.92. The van der Waals surface area contributed by atoms with Gasteiger partial charge in [0.2, 0.25) is 0 Å². The Morgan fingerprint density at radius 1 is 1.04 bits per heavy atom. The fraction of sp³-hybridized carbons (Fsp3) is 0.350. The monoisotopic (exact) mass is 324 g/mol. The van der Waals surface area contributed by atoms with Crippen LogP contribution < -0.4 is 4.74 Å². The lowest BCUT2D eigenvalue weighted by Gasteiger charge is -2.29. The van der Waals surface area contributed by atoms with E-state index in [4.69, 9.17) is 4.74 Å². The van der Waals surface area contributed by atoms with Gasteiger partial charge in [0.15, 0.2) is 6.73 Å². The van der Waals surface area contributed by atoms with Crippen LogP contribution >= 0.6 is 0 Å². The van der Waals surface area contributed by atoms with E-state index in [2.05, 4.69) is 36.2 Å². The van der Waals surface area contributed by atoms with Crippen molar-refractivity contribution in [3.8, 4) is 5.75 Å². The highest BCUT2D eigenvalue weighted by Gasteiger charge is 2.24. The lowest BCUT2D eigenvalue weighted by Crippen LogP contribution is -2.40. The first-order valence-electron chi connectivity index (χ1n) is 8.47. The van der Waals surface area contributed by atoms with E-state index in [9.17, 15) is 4.79 Å². The smallest absolute Gasteiger partial charge is 0.260 e. The van der Waals surface area contributed by atoms with Gasteiger partial charge in [-0.3, -0.25) is 4.79 Å². The third-order valence-electron chi connectivity index (χ3n) is 4.37. The van der Waals surface area contributed by atoms with Crippen molar-refractivity contribution in [1.29, 1.82) is 0 Å². The van der Waals surface area contributed by atoms with Gasteiger partial charge in [0.05, 0.1) is 5.56 Å². The predicted octanol–water partition coefficient (Wildman–Crippen LogP) is 3.04. The van der Waals surface area contributed by atoms with Gasteiger partial charge >= 0.3 is 0 Å². The zero-order chi connectivity index (χ0) is 16.8. The van der Waals surface area contributed by atoms with Crippen molar-refractivity contribution in [2.75, 3.05) is 33.4 Å². The largest absolute Gasteiger partial charge is 0.472 e. The molecule has 2 aromatic rings. The summed E-state index contributed by atoms with van der Waals surface area (Å²) in [6.07, 6.45) is 2.00. The molecule has 0 radical (unpaired) electrons. The van der Waals surface area contributed by atoms with Crippen LogP contribution in [0.4, 0.5) is 0 Å². The van der Waals surface area contributed by atoms with Gasteiger partial charge in [-0.25, -0.2) is 0 Å². The molecule has 0 spiro atoms. The summed E-state index contributed by atoms with van der Waals surface area (Å²) in [4.78, 5) is 16.5. The van der Waals surface area contributed by atoms with Gasteiger partial charge in [-0.1, -0.05) is 42.5 Å². The summed E-state index contributed by atoms with van der Waals surface area (Å²) >= 11 is 0. The Morgan fingerprint density at radius 2 is 1.79 bits per heavy atom. The minimum atomic E-state index is 0.0730. The number of carbonyl (C=O) groups is 1. The number of amides is 1. The minimum Gasteiger partial charge on any atom is -0.472 e. The third-order valence-corrected chi connectivity index (χ3v) is 4.37. The van der Waals surface area contributed by atoms with Crippen molar-refractivity contribution in [3.63, 3.8) is 0 Å². The lowest BCUT2D eigenvalue weighted by molar-refractivity contribution is 0.0512. The highest BCUT2D eigenvalue weighted by Crippen LogP contribution is 2.24. The van der Waals surface area contributed by atoms with Crippen LogP contribution in [0.3, 0.4) is 0 Å². The van der Waals surface area contributed by atoms with Gasteiger partial charge in [-0.15, -0.1) is 0 Å². The summed E-state index contributed by atoms with van der Waals surface area (Å²) in [5, 5.41) is 0. The van der Waals surface area contributed by atoms with E-state index in [0.29, 0.717) is 18.0 Å². The molecule has 4 nitrogen and oxygen atoms in total. The van der Waals surface area contributed by atoms with Crippen molar-refractivity contribution in [1.82, 2.24) is 9.80 Å². The molecule has 0 bridgehead atoms. The van der Waals surface area contributed by atoms with Crippen LogP contribution in [0.2, 0.25) is 0 Å². The van der Waals surface area contributed by atoms with Gasteiger partial charge in [-0.05, 0) is 44.1 Å². The summed E-state index contributed by atoms with van der Waals surface area (Å²) in [6, 6.07) is 18.0. The average molecular weight is 324 g/mol. The Morgan fingerprint density at radius 3 is 2.62 bits per heavy atom. The number of para-hydroxylation sites is 1. The van der Waals surface area contributed by atoms with Crippen LogP contribution in [-0.2, 0) is 6.42 Å². The molecule has 0 N–H and O–H groups in total. The molecule has 0 fully saturated rings. The van der Waals surface area contributed by atoms with Crippen LogP contribution in [0.25, 0.3) is 0 Å². The molecule has 0 saturated heterocycles. The first-order valence-corrected chi connectivity index (χ1v) is 8.47. The number of likely N-dealkylation sites (N-methyl/N-ethyl adjacent to an activating group) is 1. The standard InChI is InChI=1S/C20H24N2O2/c1-21(15-12-17-8-3-2-4-9-17)13-7-14-22-16-24-19-11-6-5-10-18(19)20(22)23/h2-6,8-11H,7,12-16H2,1H3. The maximum Gasteiger partial charge on any atom is 0.260 e. The van der Waals surface area contributed by atoms with E-state index >= 15 is 0 Å². The molecular weight excluding hydrogens is 300 g/mol. The van der Waals surface area contributed by atoms with Crippen LogP contribution in [0.1, 0.15) is 22.3 Å². The Bertz CT molecular complexity index is 672. The molecule has 1 aliphatic heterocycles. The number of hydrogen-bond acceptors (Lipinski definition) is 3. The molecule has 2 aromatic carbocycles. The van der Waals surface area contributed by atoms with E-state index < -0.39 is 0 Å². The first kappa shape index (κ1) is 16.5. The van der Waals surface area contributed by atoms with E-state index in [0.717, 1.165) is 32.5 Å². The van der Waals surface area contributed by atoms with E-state index in [1.54, 1.807) is 4.90 Å². The summed E-state index contributed by atoms with van der Waals surface area (Å²) in [5.41, 5.74) is 2.03. The molecule has 0 saturated carbocycles. The second kappa shape index (κ2) is 7.97. The Kier molecular flexibility index (Phi) is 5.49. The number of ether oxygens (including phenoxy) is 1. The number of fused-ring (bicyclic) bond motifs is 1. The maximum absolute atomic E-state index is 12.4. The molecule has 3 rings (SSSR count). The molecule has 0 unspecified atom stereocenters. The zero-order valence-corrected chi connectivity index (χ0v) is 14.1. The van der Waals surface area contributed by atoms with Gasteiger partial charge in [0.1, 0.15) is 5.75 Å². The van der Waals surface area contributed by atoms with Crippen molar-refractivity contribution >= 4 is 5.91 Å². The summed E-state index contributed by atoms with van der Waals surface area (Å²) in [5.74, 6) is 0.766. The lowest BCUT2D eigenvalue weighted by atomic mass is 10.1. The summed E-state index contributed by atoms with van der Waals surface area (Å²) in [6.45, 7) is 3.07. The third kappa shape index (κ3) is 4.15.